The molecule has 3 N–H and O–H groups in total. The van der Waals surface area contributed by atoms with Crippen molar-refractivity contribution in [2.24, 2.45) is 0 Å². The monoisotopic (exact) mass is 212 g/mol. The highest BCUT2D eigenvalue weighted by atomic mass is 16.3. The van der Waals surface area contributed by atoms with Crippen LogP contribution in [-0.2, 0) is 0 Å². The van der Waals surface area contributed by atoms with Gasteiger partial charge in [0.2, 0.25) is 0 Å². The summed E-state index contributed by atoms with van der Waals surface area (Å²) in [4.78, 5) is 11.5. The van der Waals surface area contributed by atoms with E-state index in [1.54, 1.807) is 0 Å². The summed E-state index contributed by atoms with van der Waals surface area (Å²) in [5, 5.41) is 15.5. The molecule has 0 aromatic rings. The second-order valence-electron chi connectivity index (χ2n) is 4.70. The van der Waals surface area contributed by atoms with Crippen molar-refractivity contribution in [1.29, 1.82) is 0 Å². The summed E-state index contributed by atoms with van der Waals surface area (Å²) in [6.45, 7) is 0. The van der Waals surface area contributed by atoms with Gasteiger partial charge in [-0.25, -0.2) is 4.79 Å². The molecule has 2 amide bonds. The van der Waals surface area contributed by atoms with Crippen LogP contribution in [0.2, 0.25) is 0 Å². The van der Waals surface area contributed by atoms with Gasteiger partial charge in [0.05, 0.1) is 12.1 Å². The zero-order valence-electron chi connectivity index (χ0n) is 9.04. The number of amides is 2. The van der Waals surface area contributed by atoms with Gasteiger partial charge in [0.15, 0.2) is 0 Å². The molecule has 0 radical (unpaired) electrons. The quantitative estimate of drug-likeness (QED) is 0.643. The Kier molecular flexibility index (Phi) is 3.46. The zero-order chi connectivity index (χ0) is 10.7. The summed E-state index contributed by atoms with van der Waals surface area (Å²) in [6.07, 6.45) is 6.95. The Hall–Kier alpha value is -0.770. The summed E-state index contributed by atoms with van der Waals surface area (Å²) in [5.41, 5.74) is 0. The number of rotatable bonds is 2. The number of carbonyl (C=O) groups excluding carboxylic acids is 1. The van der Waals surface area contributed by atoms with Crippen LogP contribution in [0.15, 0.2) is 0 Å². The Labute approximate surface area is 90.4 Å². The van der Waals surface area contributed by atoms with Gasteiger partial charge in [-0.3, -0.25) is 0 Å². The van der Waals surface area contributed by atoms with Gasteiger partial charge in [0.25, 0.3) is 0 Å². The molecular weight excluding hydrogens is 192 g/mol. The fourth-order valence-electron chi connectivity index (χ4n) is 2.23. The standard InChI is InChI=1S/C11H20N2O2/c14-10-7-2-1-6-9(10)13-11(15)12-8-4-3-5-8/h8-10,14H,1-7H2,(H2,12,13,15)/t9-,10-/m1/s1. The van der Waals surface area contributed by atoms with Crippen LogP contribution in [0.3, 0.4) is 0 Å². The summed E-state index contributed by atoms with van der Waals surface area (Å²) in [7, 11) is 0. The summed E-state index contributed by atoms with van der Waals surface area (Å²) in [6, 6.07) is 0.218. The van der Waals surface area contributed by atoms with Gasteiger partial charge >= 0.3 is 6.03 Å². The van der Waals surface area contributed by atoms with Crippen LogP contribution >= 0.6 is 0 Å². The minimum atomic E-state index is -0.356. The number of carbonyl (C=O) groups is 1. The highest BCUT2D eigenvalue weighted by Crippen LogP contribution is 2.19. The van der Waals surface area contributed by atoms with Crippen molar-refractivity contribution in [2.75, 3.05) is 0 Å². The van der Waals surface area contributed by atoms with E-state index >= 15 is 0 Å². The lowest BCUT2D eigenvalue weighted by Gasteiger charge is -2.31. The molecule has 4 heteroatoms. The van der Waals surface area contributed by atoms with Crippen molar-refractivity contribution in [2.45, 2.75) is 63.1 Å². The number of hydrogen-bond donors (Lipinski definition) is 3. The second kappa shape index (κ2) is 4.84. The van der Waals surface area contributed by atoms with E-state index in [1.807, 2.05) is 0 Å². The molecule has 15 heavy (non-hydrogen) atoms. The van der Waals surface area contributed by atoms with Crippen LogP contribution in [0, 0.1) is 0 Å². The molecule has 0 aromatic heterocycles. The normalized spacial score (nSPS) is 31.8. The lowest BCUT2D eigenvalue weighted by atomic mass is 9.92. The SMILES string of the molecule is O=C(NC1CCC1)N[C@@H]1CCCC[C@H]1O. The molecule has 2 aliphatic carbocycles. The van der Waals surface area contributed by atoms with Gasteiger partial charge in [0, 0.05) is 6.04 Å². The van der Waals surface area contributed by atoms with Crippen molar-refractivity contribution in [3.8, 4) is 0 Å². The lowest BCUT2D eigenvalue weighted by molar-refractivity contribution is 0.0936. The van der Waals surface area contributed by atoms with Crippen LogP contribution in [0.25, 0.3) is 0 Å². The van der Waals surface area contributed by atoms with Gasteiger partial charge < -0.3 is 15.7 Å². The van der Waals surface area contributed by atoms with E-state index in [2.05, 4.69) is 10.6 Å². The highest BCUT2D eigenvalue weighted by Gasteiger charge is 2.26. The van der Waals surface area contributed by atoms with E-state index in [4.69, 9.17) is 0 Å². The molecule has 2 rings (SSSR count). The highest BCUT2D eigenvalue weighted by molar-refractivity contribution is 5.74. The number of nitrogens with one attached hydrogen (secondary N) is 2. The largest absolute Gasteiger partial charge is 0.391 e. The maximum absolute atomic E-state index is 11.5. The summed E-state index contributed by atoms with van der Waals surface area (Å²) >= 11 is 0. The molecule has 0 aromatic carbocycles. The molecule has 0 aliphatic heterocycles. The molecule has 2 atom stereocenters. The van der Waals surface area contributed by atoms with Crippen molar-refractivity contribution >= 4 is 6.03 Å². The first-order chi connectivity index (χ1) is 7.25. The van der Waals surface area contributed by atoms with Crippen LogP contribution in [0.5, 0.6) is 0 Å². The fourth-order valence-corrected chi connectivity index (χ4v) is 2.23. The van der Waals surface area contributed by atoms with E-state index in [9.17, 15) is 9.90 Å². The molecular formula is C11H20N2O2. The minimum absolute atomic E-state index is 0.0428. The molecule has 0 unspecified atom stereocenters. The molecule has 0 bridgehead atoms. The fraction of sp³-hybridized carbons (Fsp3) is 0.909. The van der Waals surface area contributed by atoms with Crippen LogP contribution in [-0.4, -0.2) is 29.3 Å². The summed E-state index contributed by atoms with van der Waals surface area (Å²) in [5.74, 6) is 0. The first-order valence-electron chi connectivity index (χ1n) is 6.01. The van der Waals surface area contributed by atoms with E-state index < -0.39 is 0 Å². The van der Waals surface area contributed by atoms with Gasteiger partial charge in [0.1, 0.15) is 0 Å². The number of aliphatic hydroxyl groups excluding tert-OH is 1. The molecule has 0 saturated heterocycles. The summed E-state index contributed by atoms with van der Waals surface area (Å²) < 4.78 is 0. The first kappa shape index (κ1) is 10.7. The molecule has 2 aliphatic rings. The Balaban J connectivity index is 1.71. The van der Waals surface area contributed by atoms with E-state index in [1.165, 1.54) is 6.42 Å². The Morgan fingerprint density at radius 3 is 2.33 bits per heavy atom. The lowest BCUT2D eigenvalue weighted by Crippen LogP contribution is -2.52. The van der Waals surface area contributed by atoms with E-state index in [0.29, 0.717) is 6.04 Å². The maximum atomic E-state index is 11.5. The van der Waals surface area contributed by atoms with Crippen molar-refractivity contribution in [3.63, 3.8) is 0 Å². The Morgan fingerprint density at radius 2 is 1.73 bits per heavy atom. The predicted octanol–water partition coefficient (Wildman–Crippen LogP) is 1.14. The first-order valence-corrected chi connectivity index (χ1v) is 6.01. The van der Waals surface area contributed by atoms with Gasteiger partial charge in [-0.1, -0.05) is 12.8 Å². The predicted molar refractivity (Wildman–Crippen MR) is 57.6 cm³/mol. The molecule has 4 nitrogen and oxygen atoms in total. The number of aliphatic hydroxyl groups is 1. The molecule has 86 valence electrons. The van der Waals surface area contributed by atoms with Crippen molar-refractivity contribution in [3.05, 3.63) is 0 Å². The van der Waals surface area contributed by atoms with Crippen molar-refractivity contribution < 1.29 is 9.90 Å². The topological polar surface area (TPSA) is 61.4 Å². The van der Waals surface area contributed by atoms with Crippen molar-refractivity contribution in [1.82, 2.24) is 10.6 Å². The van der Waals surface area contributed by atoms with Crippen LogP contribution in [0.4, 0.5) is 4.79 Å². The molecule has 0 heterocycles. The third-order valence-corrected chi connectivity index (χ3v) is 3.49. The van der Waals surface area contributed by atoms with Gasteiger partial charge in [-0.2, -0.15) is 0 Å². The average molecular weight is 212 g/mol. The molecule has 2 fully saturated rings. The smallest absolute Gasteiger partial charge is 0.315 e. The third-order valence-electron chi connectivity index (χ3n) is 3.49. The third kappa shape index (κ3) is 2.84. The molecule has 2 saturated carbocycles. The van der Waals surface area contributed by atoms with Gasteiger partial charge in [-0.15, -0.1) is 0 Å². The van der Waals surface area contributed by atoms with Gasteiger partial charge in [-0.05, 0) is 32.1 Å². The Morgan fingerprint density at radius 1 is 1.00 bits per heavy atom. The van der Waals surface area contributed by atoms with E-state index in [-0.39, 0.29) is 18.2 Å². The zero-order valence-corrected chi connectivity index (χ0v) is 9.04. The van der Waals surface area contributed by atoms with Crippen LogP contribution in [0.1, 0.15) is 44.9 Å². The second-order valence-corrected chi connectivity index (χ2v) is 4.70. The Bertz CT molecular complexity index is 229. The number of hydrogen-bond acceptors (Lipinski definition) is 2. The number of urea groups is 1. The maximum Gasteiger partial charge on any atom is 0.315 e. The molecule has 0 spiro atoms. The van der Waals surface area contributed by atoms with E-state index in [0.717, 1.165) is 38.5 Å². The van der Waals surface area contributed by atoms with Crippen LogP contribution < -0.4 is 10.6 Å². The average Bonchev–Trinajstić information content (AvgIpc) is 2.16. The minimum Gasteiger partial charge on any atom is -0.391 e.